The third-order valence-electron chi connectivity index (χ3n) is 2.94. The van der Waals surface area contributed by atoms with Gasteiger partial charge in [-0.3, -0.25) is 4.79 Å². The zero-order chi connectivity index (χ0) is 15.4. The van der Waals surface area contributed by atoms with Gasteiger partial charge in [0.15, 0.2) is 5.69 Å². The Kier molecular flexibility index (Phi) is 4.82. The van der Waals surface area contributed by atoms with Crippen LogP contribution in [0.2, 0.25) is 5.02 Å². The van der Waals surface area contributed by atoms with Crippen LogP contribution in [0.5, 0.6) is 5.88 Å². The molecule has 7 heteroatoms. The lowest BCUT2D eigenvalue weighted by molar-refractivity contribution is 0.0760. The van der Waals surface area contributed by atoms with Crippen LogP contribution in [0, 0.1) is 0 Å². The fourth-order valence-corrected chi connectivity index (χ4v) is 2.04. The second-order valence-corrected chi connectivity index (χ2v) is 4.85. The van der Waals surface area contributed by atoms with E-state index in [4.69, 9.17) is 21.4 Å². The first-order valence-electron chi connectivity index (χ1n) is 6.33. The van der Waals surface area contributed by atoms with E-state index >= 15 is 0 Å². The van der Waals surface area contributed by atoms with Crippen molar-refractivity contribution in [3.05, 3.63) is 41.0 Å². The van der Waals surface area contributed by atoms with Crippen LogP contribution in [0.3, 0.4) is 0 Å². The molecule has 1 amide bonds. The first-order valence-corrected chi connectivity index (χ1v) is 6.71. The van der Waals surface area contributed by atoms with Gasteiger partial charge in [-0.25, -0.2) is 4.68 Å². The number of aliphatic hydroxyl groups is 1. The molecule has 6 nitrogen and oxygen atoms in total. The summed E-state index contributed by atoms with van der Waals surface area (Å²) in [4.78, 5) is 13.6. The van der Waals surface area contributed by atoms with Crippen molar-refractivity contribution >= 4 is 17.5 Å². The highest BCUT2D eigenvalue weighted by Gasteiger charge is 2.19. The van der Waals surface area contributed by atoms with E-state index in [9.17, 15) is 4.79 Å². The van der Waals surface area contributed by atoms with Crippen molar-refractivity contribution < 1.29 is 14.6 Å². The number of halogens is 1. The number of methoxy groups -OCH3 is 1. The first-order chi connectivity index (χ1) is 10.1. The Bertz CT molecular complexity index is 642. The maximum atomic E-state index is 12.2. The molecule has 1 N–H and O–H groups in total. The molecule has 0 saturated heterocycles. The average molecular weight is 310 g/mol. The minimum Gasteiger partial charge on any atom is -0.481 e. The lowest BCUT2D eigenvalue weighted by Crippen LogP contribution is -2.29. The molecule has 0 spiro atoms. The molecular weight excluding hydrogens is 294 g/mol. The van der Waals surface area contributed by atoms with Gasteiger partial charge < -0.3 is 14.7 Å². The number of hydrogen-bond donors (Lipinski definition) is 1. The van der Waals surface area contributed by atoms with Crippen LogP contribution >= 0.6 is 11.6 Å². The van der Waals surface area contributed by atoms with Crippen LogP contribution in [0.1, 0.15) is 10.5 Å². The van der Waals surface area contributed by atoms with E-state index in [1.807, 2.05) is 6.07 Å². The summed E-state index contributed by atoms with van der Waals surface area (Å²) in [7, 11) is 3.10. The van der Waals surface area contributed by atoms with Gasteiger partial charge in [-0.05, 0) is 18.2 Å². The summed E-state index contributed by atoms with van der Waals surface area (Å²) in [5, 5.41) is 13.7. The predicted molar refractivity (Wildman–Crippen MR) is 79.2 cm³/mol. The van der Waals surface area contributed by atoms with E-state index in [2.05, 4.69) is 5.10 Å². The number of likely N-dealkylation sites (N-methyl/N-ethyl adjacent to an activating group) is 1. The molecule has 1 aromatic carbocycles. The molecule has 2 aromatic rings. The Balaban J connectivity index is 2.38. The molecule has 0 unspecified atom stereocenters. The Hall–Kier alpha value is -2.05. The number of rotatable bonds is 5. The molecule has 0 bridgehead atoms. The molecule has 0 fully saturated rings. The first kappa shape index (κ1) is 15.3. The number of hydrogen-bond acceptors (Lipinski definition) is 4. The summed E-state index contributed by atoms with van der Waals surface area (Å²) in [5.74, 6) is 0.140. The Morgan fingerprint density at radius 1 is 1.48 bits per heavy atom. The second kappa shape index (κ2) is 6.60. The lowest BCUT2D eigenvalue weighted by Gasteiger charge is -2.13. The molecule has 0 saturated carbocycles. The highest BCUT2D eigenvalue weighted by atomic mass is 35.5. The fourth-order valence-electron chi connectivity index (χ4n) is 1.85. The van der Waals surface area contributed by atoms with Crippen molar-refractivity contribution in [1.82, 2.24) is 14.7 Å². The minimum absolute atomic E-state index is 0.103. The number of amides is 1. The van der Waals surface area contributed by atoms with Crippen molar-refractivity contribution in [2.75, 3.05) is 27.3 Å². The standard InChI is InChI=1S/C14H16ClN3O3/c1-17(6-7-19)14(20)12-9-13(21-2)18(16-12)11-5-3-4-10(15)8-11/h3-5,8-9,19H,6-7H2,1-2H3. The quantitative estimate of drug-likeness (QED) is 0.911. The van der Waals surface area contributed by atoms with Gasteiger partial charge in [0.1, 0.15) is 0 Å². The van der Waals surface area contributed by atoms with Gasteiger partial charge in [0, 0.05) is 24.7 Å². The average Bonchev–Trinajstić information content (AvgIpc) is 2.91. The van der Waals surface area contributed by atoms with Gasteiger partial charge in [0.25, 0.3) is 5.91 Å². The molecule has 0 aliphatic heterocycles. The number of carbonyl (C=O) groups is 1. The Morgan fingerprint density at radius 3 is 2.86 bits per heavy atom. The van der Waals surface area contributed by atoms with Crippen molar-refractivity contribution in [3.8, 4) is 11.6 Å². The molecule has 0 aliphatic carbocycles. The van der Waals surface area contributed by atoms with Gasteiger partial charge in [-0.2, -0.15) is 5.10 Å². The molecule has 0 atom stereocenters. The van der Waals surface area contributed by atoms with Gasteiger partial charge in [0.2, 0.25) is 5.88 Å². The second-order valence-electron chi connectivity index (χ2n) is 4.41. The maximum absolute atomic E-state index is 12.2. The SMILES string of the molecule is COc1cc(C(=O)N(C)CCO)nn1-c1cccc(Cl)c1. The van der Waals surface area contributed by atoms with E-state index in [1.165, 1.54) is 16.7 Å². The molecule has 2 rings (SSSR count). The topological polar surface area (TPSA) is 67.6 Å². The normalized spacial score (nSPS) is 10.5. The fraction of sp³-hybridized carbons (Fsp3) is 0.286. The third-order valence-corrected chi connectivity index (χ3v) is 3.17. The van der Waals surface area contributed by atoms with Crippen LogP contribution in [0.15, 0.2) is 30.3 Å². The summed E-state index contributed by atoms with van der Waals surface area (Å²) in [5.41, 5.74) is 0.936. The van der Waals surface area contributed by atoms with Crippen molar-refractivity contribution in [2.45, 2.75) is 0 Å². The highest BCUT2D eigenvalue weighted by molar-refractivity contribution is 6.30. The molecule has 1 aromatic heterocycles. The van der Waals surface area contributed by atoms with Gasteiger partial charge in [-0.1, -0.05) is 17.7 Å². The van der Waals surface area contributed by atoms with E-state index in [1.54, 1.807) is 31.3 Å². The molecule has 112 valence electrons. The number of aliphatic hydroxyl groups excluding tert-OH is 1. The van der Waals surface area contributed by atoms with Crippen LogP contribution in [-0.2, 0) is 0 Å². The van der Waals surface area contributed by atoms with Crippen LogP contribution in [-0.4, -0.2) is 53.0 Å². The number of carbonyl (C=O) groups excluding carboxylic acids is 1. The minimum atomic E-state index is -0.289. The van der Waals surface area contributed by atoms with E-state index in [0.29, 0.717) is 16.6 Å². The van der Waals surface area contributed by atoms with E-state index in [0.717, 1.165) is 0 Å². The van der Waals surface area contributed by atoms with E-state index < -0.39 is 0 Å². The number of ether oxygens (including phenoxy) is 1. The largest absolute Gasteiger partial charge is 0.481 e. The summed E-state index contributed by atoms with van der Waals surface area (Å²) in [6.45, 7) is 0.138. The zero-order valence-corrected chi connectivity index (χ0v) is 12.5. The van der Waals surface area contributed by atoms with Crippen molar-refractivity contribution in [2.24, 2.45) is 0 Å². The highest BCUT2D eigenvalue weighted by Crippen LogP contribution is 2.22. The van der Waals surface area contributed by atoms with Crippen molar-refractivity contribution in [1.29, 1.82) is 0 Å². The smallest absolute Gasteiger partial charge is 0.274 e. The third kappa shape index (κ3) is 3.34. The molecule has 0 radical (unpaired) electrons. The van der Waals surface area contributed by atoms with Crippen LogP contribution in [0.4, 0.5) is 0 Å². The Morgan fingerprint density at radius 2 is 2.24 bits per heavy atom. The Labute approximate surface area is 127 Å². The van der Waals surface area contributed by atoms with E-state index in [-0.39, 0.29) is 24.8 Å². The van der Waals surface area contributed by atoms with Gasteiger partial charge in [0.05, 0.1) is 19.4 Å². The molecule has 0 aliphatic rings. The monoisotopic (exact) mass is 309 g/mol. The van der Waals surface area contributed by atoms with Gasteiger partial charge >= 0.3 is 0 Å². The maximum Gasteiger partial charge on any atom is 0.274 e. The predicted octanol–water partition coefficient (Wildman–Crippen LogP) is 1.60. The zero-order valence-electron chi connectivity index (χ0n) is 11.8. The lowest BCUT2D eigenvalue weighted by atomic mass is 10.3. The van der Waals surface area contributed by atoms with Crippen LogP contribution in [0.25, 0.3) is 5.69 Å². The molecule has 21 heavy (non-hydrogen) atoms. The number of aromatic nitrogens is 2. The number of nitrogens with zero attached hydrogens (tertiary/aromatic N) is 3. The number of benzene rings is 1. The summed E-state index contributed by atoms with van der Waals surface area (Å²) < 4.78 is 6.75. The van der Waals surface area contributed by atoms with Crippen LogP contribution < -0.4 is 4.74 Å². The molecule has 1 heterocycles. The summed E-state index contributed by atoms with van der Waals surface area (Å²) in [6, 6.07) is 8.63. The summed E-state index contributed by atoms with van der Waals surface area (Å²) in [6.07, 6.45) is 0. The molecular formula is C14H16ClN3O3. The van der Waals surface area contributed by atoms with Crippen molar-refractivity contribution in [3.63, 3.8) is 0 Å². The van der Waals surface area contributed by atoms with Gasteiger partial charge in [-0.15, -0.1) is 0 Å². The summed E-state index contributed by atoms with van der Waals surface area (Å²) >= 11 is 5.97.